The van der Waals surface area contributed by atoms with Crippen LogP contribution in [0, 0.1) is 5.92 Å². The molecule has 2 heteroatoms. The number of nitrogens with zero attached hydrogens (tertiary/aromatic N) is 2. The quantitative estimate of drug-likeness (QED) is 0.809. The standard InChI is InChI=1S/C9H13N.C8H11N/c1-8(2)7-9-5-3-4-6-10-9;1-7(2)8-4-3-5-9-6-8/h3-6,8H,7H2,1-2H3;3-7H,1-2H3. The highest BCUT2D eigenvalue weighted by Crippen LogP contribution is 2.10. The summed E-state index contributed by atoms with van der Waals surface area (Å²) in [4.78, 5) is 8.22. The summed E-state index contributed by atoms with van der Waals surface area (Å²) >= 11 is 0. The molecule has 0 aliphatic heterocycles. The van der Waals surface area contributed by atoms with Crippen LogP contribution >= 0.6 is 0 Å². The van der Waals surface area contributed by atoms with E-state index in [1.54, 1.807) is 6.20 Å². The van der Waals surface area contributed by atoms with Crippen LogP contribution in [0.2, 0.25) is 0 Å². The molecule has 2 aromatic heterocycles. The average molecular weight is 256 g/mol. The summed E-state index contributed by atoms with van der Waals surface area (Å²) in [6.45, 7) is 8.73. The van der Waals surface area contributed by atoms with Gasteiger partial charge in [-0.3, -0.25) is 9.97 Å². The highest BCUT2D eigenvalue weighted by atomic mass is 14.7. The molecule has 0 amide bonds. The topological polar surface area (TPSA) is 25.8 Å². The number of hydrogen-bond acceptors (Lipinski definition) is 2. The Morgan fingerprint density at radius 1 is 0.947 bits per heavy atom. The number of pyridine rings is 2. The smallest absolute Gasteiger partial charge is 0.0406 e. The van der Waals surface area contributed by atoms with Crippen molar-refractivity contribution in [2.75, 3.05) is 0 Å². The van der Waals surface area contributed by atoms with Crippen molar-refractivity contribution < 1.29 is 0 Å². The second-order valence-corrected chi connectivity index (χ2v) is 5.36. The Hall–Kier alpha value is -1.70. The van der Waals surface area contributed by atoms with Crippen LogP contribution in [0.5, 0.6) is 0 Å². The summed E-state index contributed by atoms with van der Waals surface area (Å²) in [5, 5.41) is 0. The lowest BCUT2D eigenvalue weighted by Gasteiger charge is -2.01. The molecule has 0 fully saturated rings. The third kappa shape index (κ3) is 6.70. The van der Waals surface area contributed by atoms with Crippen LogP contribution in [0.3, 0.4) is 0 Å². The molecule has 0 radical (unpaired) electrons. The molecular weight excluding hydrogens is 232 g/mol. The zero-order valence-electron chi connectivity index (χ0n) is 12.4. The Balaban J connectivity index is 0.000000191. The minimum absolute atomic E-state index is 0.596. The van der Waals surface area contributed by atoms with E-state index in [-0.39, 0.29) is 0 Å². The normalized spacial score (nSPS) is 10.2. The molecule has 0 saturated carbocycles. The van der Waals surface area contributed by atoms with Gasteiger partial charge in [-0.1, -0.05) is 39.8 Å². The maximum atomic E-state index is 4.22. The molecule has 2 heterocycles. The zero-order chi connectivity index (χ0) is 14.1. The fourth-order valence-corrected chi connectivity index (χ4v) is 1.65. The molecule has 0 bridgehead atoms. The van der Waals surface area contributed by atoms with Crippen LogP contribution in [0.4, 0.5) is 0 Å². The van der Waals surface area contributed by atoms with Gasteiger partial charge in [0.15, 0.2) is 0 Å². The van der Waals surface area contributed by atoms with Crippen LogP contribution in [0.1, 0.15) is 44.9 Å². The van der Waals surface area contributed by atoms with Crippen molar-refractivity contribution in [3.8, 4) is 0 Å². The monoisotopic (exact) mass is 256 g/mol. The Morgan fingerprint density at radius 3 is 2.16 bits per heavy atom. The fourth-order valence-electron chi connectivity index (χ4n) is 1.65. The predicted molar refractivity (Wildman–Crippen MR) is 81.1 cm³/mol. The van der Waals surface area contributed by atoms with E-state index in [2.05, 4.69) is 49.8 Å². The predicted octanol–water partition coefficient (Wildman–Crippen LogP) is 4.49. The van der Waals surface area contributed by atoms with E-state index in [1.807, 2.05) is 30.6 Å². The zero-order valence-corrected chi connectivity index (χ0v) is 12.4. The minimum Gasteiger partial charge on any atom is -0.264 e. The Bertz CT molecular complexity index is 435. The summed E-state index contributed by atoms with van der Waals surface area (Å²) < 4.78 is 0. The SMILES string of the molecule is CC(C)Cc1ccccn1.CC(C)c1cccnc1. The van der Waals surface area contributed by atoms with Crippen LogP contribution in [0.25, 0.3) is 0 Å². The number of rotatable bonds is 3. The van der Waals surface area contributed by atoms with Crippen molar-refractivity contribution in [1.29, 1.82) is 0 Å². The van der Waals surface area contributed by atoms with Gasteiger partial charge in [0.1, 0.15) is 0 Å². The van der Waals surface area contributed by atoms with Crippen LogP contribution in [-0.2, 0) is 6.42 Å². The molecule has 102 valence electrons. The molecule has 19 heavy (non-hydrogen) atoms. The fraction of sp³-hybridized carbons (Fsp3) is 0.412. The van der Waals surface area contributed by atoms with Crippen molar-refractivity contribution in [3.05, 3.63) is 60.2 Å². The Labute approximate surface area is 116 Å². The molecule has 2 nitrogen and oxygen atoms in total. The number of hydrogen-bond donors (Lipinski definition) is 0. The van der Waals surface area contributed by atoms with Gasteiger partial charge in [0, 0.05) is 24.3 Å². The van der Waals surface area contributed by atoms with Gasteiger partial charge >= 0.3 is 0 Å². The van der Waals surface area contributed by atoms with Crippen LogP contribution in [0.15, 0.2) is 48.9 Å². The highest BCUT2D eigenvalue weighted by Gasteiger charge is 1.95. The van der Waals surface area contributed by atoms with Crippen molar-refractivity contribution >= 4 is 0 Å². The van der Waals surface area contributed by atoms with Crippen LogP contribution in [-0.4, -0.2) is 9.97 Å². The van der Waals surface area contributed by atoms with Gasteiger partial charge in [-0.15, -0.1) is 0 Å². The van der Waals surface area contributed by atoms with E-state index in [9.17, 15) is 0 Å². The van der Waals surface area contributed by atoms with Crippen molar-refractivity contribution in [3.63, 3.8) is 0 Å². The molecule has 0 saturated heterocycles. The molecule has 0 aliphatic carbocycles. The van der Waals surface area contributed by atoms with Gasteiger partial charge in [-0.05, 0) is 42.0 Å². The highest BCUT2D eigenvalue weighted by molar-refractivity contribution is 5.12. The summed E-state index contributed by atoms with van der Waals surface area (Å²) in [7, 11) is 0. The van der Waals surface area contributed by atoms with E-state index in [0.29, 0.717) is 11.8 Å². The first-order chi connectivity index (χ1) is 9.09. The lowest BCUT2D eigenvalue weighted by atomic mass is 10.1. The first-order valence-electron chi connectivity index (χ1n) is 6.89. The third-order valence-corrected chi connectivity index (χ3v) is 2.69. The van der Waals surface area contributed by atoms with Crippen LogP contribution < -0.4 is 0 Å². The molecule has 2 aromatic rings. The molecule has 0 N–H and O–H groups in total. The van der Waals surface area contributed by atoms with E-state index in [4.69, 9.17) is 0 Å². The van der Waals surface area contributed by atoms with Crippen molar-refractivity contribution in [2.45, 2.75) is 40.0 Å². The maximum absolute atomic E-state index is 4.22. The first kappa shape index (κ1) is 15.4. The Kier molecular flexibility index (Phi) is 6.80. The summed E-state index contributed by atoms with van der Waals surface area (Å²) in [6.07, 6.45) is 6.63. The maximum Gasteiger partial charge on any atom is 0.0406 e. The number of aromatic nitrogens is 2. The molecule has 0 unspecified atom stereocenters. The largest absolute Gasteiger partial charge is 0.264 e. The summed E-state index contributed by atoms with van der Waals surface area (Å²) in [5.74, 6) is 1.30. The van der Waals surface area contributed by atoms with Gasteiger partial charge < -0.3 is 0 Å². The minimum atomic E-state index is 0.596. The second-order valence-electron chi connectivity index (χ2n) is 5.36. The van der Waals surface area contributed by atoms with E-state index < -0.39 is 0 Å². The van der Waals surface area contributed by atoms with Gasteiger partial charge in [-0.25, -0.2) is 0 Å². The lowest BCUT2D eigenvalue weighted by molar-refractivity contribution is 0.635. The van der Waals surface area contributed by atoms with Crippen molar-refractivity contribution in [2.24, 2.45) is 5.92 Å². The van der Waals surface area contributed by atoms with E-state index in [0.717, 1.165) is 6.42 Å². The summed E-state index contributed by atoms with van der Waals surface area (Å²) in [6, 6.07) is 10.1. The van der Waals surface area contributed by atoms with Gasteiger partial charge in [0.05, 0.1) is 0 Å². The third-order valence-electron chi connectivity index (χ3n) is 2.69. The molecule has 0 spiro atoms. The van der Waals surface area contributed by atoms with Gasteiger partial charge in [-0.2, -0.15) is 0 Å². The summed E-state index contributed by atoms with van der Waals surface area (Å²) in [5.41, 5.74) is 2.50. The van der Waals surface area contributed by atoms with Crippen molar-refractivity contribution in [1.82, 2.24) is 9.97 Å². The van der Waals surface area contributed by atoms with Gasteiger partial charge in [0.2, 0.25) is 0 Å². The van der Waals surface area contributed by atoms with Gasteiger partial charge in [0.25, 0.3) is 0 Å². The molecule has 0 aliphatic rings. The lowest BCUT2D eigenvalue weighted by Crippen LogP contribution is -1.95. The molecular formula is C17H24N2. The first-order valence-corrected chi connectivity index (χ1v) is 6.89. The molecule has 0 aromatic carbocycles. The average Bonchev–Trinajstić information content (AvgIpc) is 2.41. The van der Waals surface area contributed by atoms with E-state index in [1.165, 1.54) is 11.3 Å². The second kappa shape index (κ2) is 8.41. The Morgan fingerprint density at radius 2 is 1.74 bits per heavy atom. The van der Waals surface area contributed by atoms with E-state index >= 15 is 0 Å². The molecule has 0 atom stereocenters. The molecule has 2 rings (SSSR count).